The summed E-state index contributed by atoms with van der Waals surface area (Å²) in [6.45, 7) is 2.03. The summed E-state index contributed by atoms with van der Waals surface area (Å²) in [4.78, 5) is 39.2. The second-order valence-electron chi connectivity index (χ2n) is 5.44. The fourth-order valence-corrected chi connectivity index (χ4v) is 2.15. The Kier molecular flexibility index (Phi) is 5.18. The van der Waals surface area contributed by atoms with Crippen LogP contribution in [-0.2, 0) is 13.1 Å². The van der Waals surface area contributed by atoms with Crippen molar-refractivity contribution in [3.8, 4) is 0 Å². The fourth-order valence-electron chi connectivity index (χ4n) is 2.15. The topological polar surface area (TPSA) is 87.2 Å². The third kappa shape index (κ3) is 3.70. The molecular weight excluding hydrogens is 315 g/mol. The smallest absolute Gasteiger partial charge is 0.328 e. The van der Waals surface area contributed by atoms with Gasteiger partial charge in [0.25, 0.3) is 11.5 Å². The lowest BCUT2D eigenvalue weighted by molar-refractivity contribution is 0.0946. The molecule has 7 nitrogen and oxygen atoms in total. The summed E-state index contributed by atoms with van der Waals surface area (Å²) in [7, 11) is 3.53. The zero-order chi connectivity index (χ0) is 17.9. The number of benzene rings is 1. The first-order valence-electron chi connectivity index (χ1n) is 7.41. The standard InChI is InChI=1S/C16H19FN4O3/c1-4-21-9-10(14(22)19-16(21)24)8-18-15(23)12-6-5-11(20(2)3)7-13(12)17/h5-7,9H,4,8H2,1-3H3,(H,18,23)(H,19,22,24). The maximum absolute atomic E-state index is 14.0. The Morgan fingerprint density at radius 3 is 2.62 bits per heavy atom. The van der Waals surface area contributed by atoms with Crippen LogP contribution in [0.2, 0.25) is 0 Å². The number of hydrogen-bond acceptors (Lipinski definition) is 4. The van der Waals surface area contributed by atoms with E-state index in [2.05, 4.69) is 10.3 Å². The molecule has 0 atom stereocenters. The quantitative estimate of drug-likeness (QED) is 0.842. The minimum atomic E-state index is -0.647. The molecule has 1 aromatic heterocycles. The number of rotatable bonds is 5. The molecule has 2 N–H and O–H groups in total. The Labute approximate surface area is 137 Å². The second-order valence-corrected chi connectivity index (χ2v) is 5.44. The Bertz CT molecular complexity index is 870. The van der Waals surface area contributed by atoms with Gasteiger partial charge in [0.15, 0.2) is 0 Å². The molecule has 0 saturated heterocycles. The van der Waals surface area contributed by atoms with E-state index in [1.165, 1.54) is 22.9 Å². The van der Waals surface area contributed by atoms with Gasteiger partial charge in [-0.15, -0.1) is 0 Å². The van der Waals surface area contributed by atoms with Crippen LogP contribution in [0.25, 0.3) is 0 Å². The molecule has 0 spiro atoms. The largest absolute Gasteiger partial charge is 0.378 e. The highest BCUT2D eigenvalue weighted by molar-refractivity contribution is 5.94. The van der Waals surface area contributed by atoms with Gasteiger partial charge in [0.1, 0.15) is 5.82 Å². The van der Waals surface area contributed by atoms with Crippen molar-refractivity contribution in [1.82, 2.24) is 14.9 Å². The molecule has 0 fully saturated rings. The maximum atomic E-state index is 14.0. The van der Waals surface area contributed by atoms with Crippen molar-refractivity contribution < 1.29 is 9.18 Å². The van der Waals surface area contributed by atoms with Crippen molar-refractivity contribution in [1.29, 1.82) is 0 Å². The number of aromatic amines is 1. The van der Waals surface area contributed by atoms with Crippen molar-refractivity contribution >= 4 is 11.6 Å². The van der Waals surface area contributed by atoms with Crippen molar-refractivity contribution in [2.45, 2.75) is 20.0 Å². The van der Waals surface area contributed by atoms with Gasteiger partial charge in [-0.2, -0.15) is 0 Å². The predicted molar refractivity (Wildman–Crippen MR) is 88.9 cm³/mol. The first-order chi connectivity index (χ1) is 11.3. The molecule has 0 aliphatic heterocycles. The second kappa shape index (κ2) is 7.12. The highest BCUT2D eigenvalue weighted by atomic mass is 19.1. The van der Waals surface area contributed by atoms with Crippen LogP contribution in [0.1, 0.15) is 22.8 Å². The first-order valence-corrected chi connectivity index (χ1v) is 7.41. The van der Waals surface area contributed by atoms with Gasteiger partial charge >= 0.3 is 5.69 Å². The summed E-state index contributed by atoms with van der Waals surface area (Å²) in [5.41, 5.74) is -0.345. The Balaban J connectivity index is 2.17. The molecule has 128 valence electrons. The Morgan fingerprint density at radius 2 is 2.04 bits per heavy atom. The number of aryl methyl sites for hydroxylation is 1. The van der Waals surface area contributed by atoms with Gasteiger partial charge in [-0.25, -0.2) is 9.18 Å². The number of carbonyl (C=O) groups excluding carboxylic acids is 1. The fraction of sp³-hybridized carbons (Fsp3) is 0.312. The van der Waals surface area contributed by atoms with Crippen molar-refractivity contribution in [3.63, 3.8) is 0 Å². The highest BCUT2D eigenvalue weighted by Crippen LogP contribution is 2.16. The number of hydrogen-bond donors (Lipinski definition) is 2. The summed E-state index contributed by atoms with van der Waals surface area (Å²) >= 11 is 0. The molecular formula is C16H19FN4O3. The molecule has 2 aromatic rings. The lowest BCUT2D eigenvalue weighted by atomic mass is 10.1. The minimum absolute atomic E-state index is 0.108. The van der Waals surface area contributed by atoms with Crippen molar-refractivity contribution in [2.24, 2.45) is 0 Å². The SMILES string of the molecule is CCn1cc(CNC(=O)c2ccc(N(C)C)cc2F)c(=O)[nH]c1=O. The van der Waals surface area contributed by atoms with Crippen LogP contribution < -0.4 is 21.5 Å². The molecule has 0 bridgehead atoms. The first kappa shape index (κ1) is 17.5. The van der Waals surface area contributed by atoms with Gasteiger partial charge in [0.05, 0.1) is 17.7 Å². The van der Waals surface area contributed by atoms with Gasteiger partial charge in [0.2, 0.25) is 0 Å². The zero-order valence-electron chi connectivity index (χ0n) is 13.7. The molecule has 2 rings (SSSR count). The summed E-state index contributed by atoms with van der Waals surface area (Å²) < 4.78 is 15.4. The number of nitrogens with one attached hydrogen (secondary N) is 2. The summed E-state index contributed by atoms with van der Waals surface area (Å²) in [5, 5.41) is 2.49. The number of aromatic nitrogens is 2. The van der Waals surface area contributed by atoms with E-state index in [9.17, 15) is 18.8 Å². The lowest BCUT2D eigenvalue weighted by Gasteiger charge is -2.13. The van der Waals surface area contributed by atoms with E-state index in [-0.39, 0.29) is 17.7 Å². The highest BCUT2D eigenvalue weighted by Gasteiger charge is 2.13. The molecule has 8 heteroatoms. The molecule has 0 saturated carbocycles. The van der Waals surface area contributed by atoms with Gasteiger partial charge in [-0.3, -0.25) is 14.6 Å². The molecule has 1 amide bonds. The average molecular weight is 334 g/mol. The van der Waals surface area contributed by atoms with Crippen LogP contribution in [-0.4, -0.2) is 29.6 Å². The van der Waals surface area contributed by atoms with E-state index in [1.54, 1.807) is 32.0 Å². The molecule has 24 heavy (non-hydrogen) atoms. The van der Waals surface area contributed by atoms with E-state index < -0.39 is 23.0 Å². The predicted octanol–water partition coefficient (Wildman–Crippen LogP) is 0.692. The van der Waals surface area contributed by atoms with Crippen LogP contribution in [0.3, 0.4) is 0 Å². The lowest BCUT2D eigenvalue weighted by Crippen LogP contribution is -2.34. The molecule has 1 heterocycles. The number of halogens is 1. The summed E-state index contributed by atoms with van der Waals surface area (Å²) in [5.74, 6) is -1.28. The van der Waals surface area contributed by atoms with Crippen molar-refractivity contribution in [3.05, 3.63) is 62.2 Å². The van der Waals surface area contributed by atoms with Crippen LogP contribution in [0.4, 0.5) is 10.1 Å². The number of carbonyl (C=O) groups is 1. The van der Waals surface area contributed by atoms with E-state index in [4.69, 9.17) is 0 Å². The van der Waals surface area contributed by atoms with Crippen LogP contribution in [0.5, 0.6) is 0 Å². The third-order valence-corrected chi connectivity index (χ3v) is 3.58. The molecule has 1 aromatic carbocycles. The summed E-state index contributed by atoms with van der Waals surface area (Å²) in [6, 6.07) is 4.28. The average Bonchev–Trinajstić information content (AvgIpc) is 2.53. The normalized spacial score (nSPS) is 10.5. The molecule has 0 aliphatic rings. The van der Waals surface area contributed by atoms with E-state index in [1.807, 2.05) is 0 Å². The molecule has 0 aliphatic carbocycles. The number of nitrogens with zero attached hydrogens (tertiary/aromatic N) is 2. The number of H-pyrrole nitrogens is 1. The van der Waals surface area contributed by atoms with Gasteiger partial charge in [0, 0.05) is 32.5 Å². The van der Waals surface area contributed by atoms with Crippen LogP contribution >= 0.6 is 0 Å². The zero-order valence-corrected chi connectivity index (χ0v) is 13.7. The molecule has 0 radical (unpaired) electrons. The monoisotopic (exact) mass is 334 g/mol. The van der Waals surface area contributed by atoms with Crippen molar-refractivity contribution in [2.75, 3.05) is 19.0 Å². The van der Waals surface area contributed by atoms with Gasteiger partial charge in [-0.1, -0.05) is 0 Å². The van der Waals surface area contributed by atoms with Crippen LogP contribution in [0.15, 0.2) is 34.0 Å². The maximum Gasteiger partial charge on any atom is 0.328 e. The number of anilines is 1. The van der Waals surface area contributed by atoms with E-state index >= 15 is 0 Å². The summed E-state index contributed by atoms with van der Waals surface area (Å²) in [6.07, 6.45) is 1.38. The molecule has 0 unspecified atom stereocenters. The van der Waals surface area contributed by atoms with Gasteiger partial charge in [-0.05, 0) is 25.1 Å². The number of amides is 1. The van der Waals surface area contributed by atoms with Gasteiger partial charge < -0.3 is 14.8 Å². The van der Waals surface area contributed by atoms with E-state index in [0.29, 0.717) is 12.2 Å². The van der Waals surface area contributed by atoms with E-state index in [0.717, 1.165) is 0 Å². The van der Waals surface area contributed by atoms with Crippen LogP contribution in [0, 0.1) is 5.82 Å². The Morgan fingerprint density at radius 1 is 1.33 bits per heavy atom. The Hall–Kier alpha value is -2.90. The minimum Gasteiger partial charge on any atom is -0.378 e. The third-order valence-electron chi connectivity index (χ3n) is 3.58.